The Morgan fingerprint density at radius 3 is 2.41 bits per heavy atom. The molecule has 0 bridgehead atoms. The summed E-state index contributed by atoms with van der Waals surface area (Å²) in [5, 5.41) is 23.4. The summed E-state index contributed by atoms with van der Waals surface area (Å²) in [7, 11) is 0. The maximum atomic E-state index is 13.7. The van der Waals surface area contributed by atoms with E-state index in [4.69, 9.17) is 0 Å². The molecule has 2 aromatic rings. The van der Waals surface area contributed by atoms with Gasteiger partial charge in [-0.15, -0.1) is 0 Å². The van der Waals surface area contributed by atoms with E-state index in [1.165, 1.54) is 47.9 Å². The lowest BCUT2D eigenvalue weighted by molar-refractivity contribution is -0.287. The molecule has 1 aliphatic rings. The second-order valence-corrected chi connectivity index (χ2v) is 6.02. The molecule has 1 aromatic carbocycles. The first-order chi connectivity index (χ1) is 12.6. The fourth-order valence-electron chi connectivity index (χ4n) is 2.99. The molecule has 1 saturated heterocycles. The number of ketones is 1. The first-order valence-corrected chi connectivity index (χ1v) is 7.74. The summed E-state index contributed by atoms with van der Waals surface area (Å²) < 4.78 is 41.0. The van der Waals surface area contributed by atoms with Crippen LogP contribution in [0.15, 0.2) is 48.8 Å². The number of benzene rings is 1. The van der Waals surface area contributed by atoms with Gasteiger partial charge in [-0.05, 0) is 29.8 Å². The summed E-state index contributed by atoms with van der Waals surface area (Å²) in [6.07, 6.45) is -2.92. The summed E-state index contributed by atoms with van der Waals surface area (Å²) in [4.78, 5) is 28.4. The Kier molecular flexibility index (Phi) is 4.52. The number of phenolic OH excluding ortho intramolecular Hbond substituents is 1. The third-order valence-electron chi connectivity index (χ3n) is 4.29. The molecule has 4 N–H and O–H groups in total. The second-order valence-electron chi connectivity index (χ2n) is 6.02. The van der Waals surface area contributed by atoms with Crippen LogP contribution in [0, 0.1) is 5.92 Å². The van der Waals surface area contributed by atoms with Crippen molar-refractivity contribution in [2.75, 3.05) is 0 Å². The number of phenols is 1. The van der Waals surface area contributed by atoms with E-state index in [1.807, 2.05) is 0 Å². The largest absolute Gasteiger partial charge is 0.508 e. The van der Waals surface area contributed by atoms with Crippen molar-refractivity contribution in [3.8, 4) is 5.75 Å². The number of carbonyl (C=O) groups is 2. The Morgan fingerprint density at radius 1 is 1.19 bits per heavy atom. The number of hydrogen-bond acceptors (Lipinski definition) is 5. The van der Waals surface area contributed by atoms with E-state index in [9.17, 15) is 33.0 Å². The Bertz CT molecular complexity index is 858. The average molecular weight is 381 g/mol. The van der Waals surface area contributed by atoms with E-state index in [0.717, 1.165) is 6.20 Å². The van der Waals surface area contributed by atoms with Crippen LogP contribution in [0.4, 0.5) is 18.0 Å². The molecule has 1 aliphatic heterocycles. The topological polar surface area (TPSA) is 112 Å². The van der Waals surface area contributed by atoms with Gasteiger partial charge in [-0.3, -0.25) is 9.78 Å². The number of carbonyl (C=O) groups excluding carboxylic acids is 2. The van der Waals surface area contributed by atoms with Crippen molar-refractivity contribution in [1.29, 1.82) is 0 Å². The SMILES string of the molecule is O=C1N[C@H](c2ccc(O)cc2)[C@H](C(=O)c2cccnc2)[C@](O)(C(F)(F)F)N1. The Labute approximate surface area is 150 Å². The Morgan fingerprint density at radius 2 is 1.85 bits per heavy atom. The molecule has 1 aromatic heterocycles. The molecule has 1 fully saturated rings. The maximum absolute atomic E-state index is 13.7. The van der Waals surface area contributed by atoms with Crippen molar-refractivity contribution < 1.29 is 33.0 Å². The molecule has 2 heterocycles. The Hall–Kier alpha value is -3.14. The minimum absolute atomic E-state index is 0.104. The van der Waals surface area contributed by atoms with E-state index in [-0.39, 0.29) is 16.9 Å². The smallest absolute Gasteiger partial charge is 0.437 e. The minimum atomic E-state index is -5.33. The number of Topliss-reactive ketones (excluding diaryl/α,β-unsaturated/α-hetero) is 1. The van der Waals surface area contributed by atoms with Crippen LogP contribution in [0.25, 0.3) is 0 Å². The van der Waals surface area contributed by atoms with Gasteiger partial charge in [-0.2, -0.15) is 13.2 Å². The van der Waals surface area contributed by atoms with Crippen molar-refractivity contribution in [3.05, 3.63) is 59.9 Å². The molecule has 0 unspecified atom stereocenters. The molecule has 7 nitrogen and oxygen atoms in total. The van der Waals surface area contributed by atoms with Gasteiger partial charge in [-0.25, -0.2) is 4.79 Å². The molecule has 27 heavy (non-hydrogen) atoms. The molecule has 0 radical (unpaired) electrons. The number of nitrogens with zero attached hydrogens (tertiary/aromatic N) is 1. The van der Waals surface area contributed by atoms with Crippen LogP contribution < -0.4 is 10.6 Å². The van der Waals surface area contributed by atoms with E-state index >= 15 is 0 Å². The molecule has 0 aliphatic carbocycles. The van der Waals surface area contributed by atoms with Crippen molar-refractivity contribution in [2.24, 2.45) is 5.92 Å². The summed E-state index contributed by atoms with van der Waals surface area (Å²) >= 11 is 0. The molecule has 2 amide bonds. The standard InChI is InChI=1S/C17H14F3N3O4/c18-17(19,20)16(27)12(14(25)10-2-1-7-21-8-10)13(22-15(26)23-16)9-3-5-11(24)6-4-9/h1-8,12-13,24,27H,(H2,22,23,26)/t12-,13-,16+/m1/s1. The molecule has 0 saturated carbocycles. The van der Waals surface area contributed by atoms with Crippen LogP contribution in [0.2, 0.25) is 0 Å². The number of aliphatic hydroxyl groups is 1. The van der Waals surface area contributed by atoms with Crippen LogP contribution in [-0.4, -0.2) is 38.9 Å². The molecule has 10 heteroatoms. The third kappa shape index (κ3) is 3.31. The van der Waals surface area contributed by atoms with Crippen molar-refractivity contribution in [2.45, 2.75) is 17.9 Å². The number of rotatable bonds is 3. The van der Waals surface area contributed by atoms with E-state index in [2.05, 4.69) is 10.3 Å². The number of nitrogens with one attached hydrogen (secondary N) is 2. The Balaban J connectivity index is 2.15. The number of halogens is 3. The predicted octanol–water partition coefficient (Wildman–Crippen LogP) is 1.89. The number of urea groups is 1. The van der Waals surface area contributed by atoms with Gasteiger partial charge in [0.1, 0.15) is 11.7 Å². The zero-order chi connectivity index (χ0) is 19.8. The number of aromatic nitrogens is 1. The highest BCUT2D eigenvalue weighted by molar-refractivity contribution is 6.00. The highest BCUT2D eigenvalue weighted by Crippen LogP contribution is 2.44. The normalized spacial score (nSPS) is 25.4. The summed E-state index contributed by atoms with van der Waals surface area (Å²) in [5.74, 6) is -3.35. The van der Waals surface area contributed by atoms with Crippen LogP contribution in [0.5, 0.6) is 5.75 Å². The van der Waals surface area contributed by atoms with Gasteiger partial charge in [0.2, 0.25) is 5.72 Å². The van der Waals surface area contributed by atoms with Crippen molar-refractivity contribution in [3.63, 3.8) is 0 Å². The quantitative estimate of drug-likeness (QED) is 0.607. The number of alkyl halides is 3. The monoisotopic (exact) mass is 381 g/mol. The number of aromatic hydroxyl groups is 1. The number of pyridine rings is 1. The minimum Gasteiger partial charge on any atom is -0.508 e. The fourth-order valence-corrected chi connectivity index (χ4v) is 2.99. The first-order valence-electron chi connectivity index (χ1n) is 7.74. The van der Waals surface area contributed by atoms with Crippen molar-refractivity contribution in [1.82, 2.24) is 15.6 Å². The van der Waals surface area contributed by atoms with Gasteiger partial charge >= 0.3 is 12.2 Å². The summed E-state index contributed by atoms with van der Waals surface area (Å²) in [6.45, 7) is 0. The van der Waals surface area contributed by atoms with Gasteiger partial charge in [0.15, 0.2) is 5.78 Å². The van der Waals surface area contributed by atoms with E-state index < -0.39 is 35.7 Å². The lowest BCUT2D eigenvalue weighted by Crippen LogP contribution is -2.72. The van der Waals surface area contributed by atoms with Gasteiger partial charge in [-0.1, -0.05) is 12.1 Å². The third-order valence-corrected chi connectivity index (χ3v) is 4.29. The van der Waals surface area contributed by atoms with E-state index in [0.29, 0.717) is 0 Å². The molecule has 142 valence electrons. The molecular formula is C17H14F3N3O4. The second kappa shape index (κ2) is 6.54. The zero-order valence-corrected chi connectivity index (χ0v) is 13.6. The van der Waals surface area contributed by atoms with Crippen LogP contribution in [0.3, 0.4) is 0 Å². The maximum Gasteiger partial charge on any atom is 0.437 e. The predicted molar refractivity (Wildman–Crippen MR) is 85.6 cm³/mol. The highest BCUT2D eigenvalue weighted by atomic mass is 19.4. The average Bonchev–Trinajstić information content (AvgIpc) is 2.61. The molecule has 0 spiro atoms. The zero-order valence-electron chi connectivity index (χ0n) is 13.6. The van der Waals surface area contributed by atoms with E-state index in [1.54, 1.807) is 0 Å². The number of amides is 2. The highest BCUT2D eigenvalue weighted by Gasteiger charge is 2.66. The van der Waals surface area contributed by atoms with Gasteiger partial charge in [0.05, 0.1) is 6.04 Å². The molecule has 3 rings (SSSR count). The first kappa shape index (κ1) is 18.6. The molecule has 3 atom stereocenters. The van der Waals surface area contributed by atoms with Crippen LogP contribution >= 0.6 is 0 Å². The van der Waals surface area contributed by atoms with Gasteiger partial charge < -0.3 is 20.8 Å². The summed E-state index contributed by atoms with van der Waals surface area (Å²) in [6, 6.07) is 4.74. The lowest BCUT2D eigenvalue weighted by Gasteiger charge is -2.45. The van der Waals surface area contributed by atoms with Crippen LogP contribution in [0.1, 0.15) is 22.0 Å². The van der Waals surface area contributed by atoms with Crippen LogP contribution in [-0.2, 0) is 0 Å². The van der Waals surface area contributed by atoms with Gasteiger partial charge in [0, 0.05) is 18.0 Å². The fraction of sp³-hybridized carbons (Fsp3) is 0.235. The molecular weight excluding hydrogens is 367 g/mol. The lowest BCUT2D eigenvalue weighted by atomic mass is 9.77. The van der Waals surface area contributed by atoms with Gasteiger partial charge in [0.25, 0.3) is 0 Å². The summed E-state index contributed by atoms with van der Waals surface area (Å²) in [5.41, 5.74) is -3.86. The number of hydrogen-bond donors (Lipinski definition) is 4. The van der Waals surface area contributed by atoms with Crippen molar-refractivity contribution >= 4 is 11.8 Å².